The van der Waals surface area contributed by atoms with Gasteiger partial charge in [-0.2, -0.15) is 0 Å². The van der Waals surface area contributed by atoms with Gasteiger partial charge >= 0.3 is 0 Å². The summed E-state index contributed by atoms with van der Waals surface area (Å²) in [6.45, 7) is 4.82. The molecule has 0 N–H and O–H groups in total. The van der Waals surface area contributed by atoms with Crippen LogP contribution in [0, 0.1) is 0 Å². The third-order valence-corrected chi connectivity index (χ3v) is 5.60. The molecule has 1 fully saturated rings. The molecule has 11 heavy (non-hydrogen) atoms. The van der Waals surface area contributed by atoms with Crippen molar-refractivity contribution in [1.82, 2.24) is 0 Å². The van der Waals surface area contributed by atoms with Crippen LogP contribution in [0.3, 0.4) is 0 Å². The van der Waals surface area contributed by atoms with E-state index in [2.05, 4.69) is 13.6 Å². The van der Waals surface area contributed by atoms with E-state index >= 15 is 0 Å². The molecule has 0 heterocycles. The highest BCUT2D eigenvalue weighted by Crippen LogP contribution is 2.46. The minimum atomic E-state index is 0.412. The Morgan fingerprint density at radius 3 is 2.45 bits per heavy atom. The fraction of sp³-hybridized carbons (Fsp3) is 1.00. The first kappa shape index (κ1) is 9.52. The van der Waals surface area contributed by atoms with Gasteiger partial charge in [-0.05, 0) is 37.7 Å². The number of unbranched alkanes of at least 4 members (excludes halogenated alkanes) is 1. The zero-order valence-corrected chi connectivity index (χ0v) is 8.87. The van der Waals surface area contributed by atoms with E-state index in [1.165, 1.54) is 31.8 Å². The molecule has 1 aliphatic rings. The Balaban J connectivity index is 2.12. The number of rotatable bonds is 4. The Morgan fingerprint density at radius 1 is 1.27 bits per heavy atom. The van der Waals surface area contributed by atoms with Crippen molar-refractivity contribution in [3.05, 3.63) is 0 Å². The van der Waals surface area contributed by atoms with Gasteiger partial charge in [0, 0.05) is 0 Å². The van der Waals surface area contributed by atoms with Crippen molar-refractivity contribution in [2.45, 2.75) is 51.1 Å². The zero-order valence-electron chi connectivity index (χ0n) is 7.97. The summed E-state index contributed by atoms with van der Waals surface area (Å²) in [5.41, 5.74) is 1.15. The molecule has 1 aliphatic carbocycles. The number of hydrogen-bond donors (Lipinski definition) is 0. The molecule has 0 bridgehead atoms. The molecule has 0 aromatic carbocycles. The maximum atomic E-state index is 2.51. The zero-order chi connectivity index (χ0) is 8.10. The van der Waals surface area contributed by atoms with E-state index in [9.17, 15) is 0 Å². The Hall–Kier alpha value is 0.430. The average molecular weight is 172 g/mol. The van der Waals surface area contributed by atoms with Crippen molar-refractivity contribution in [2.24, 2.45) is 0 Å². The maximum absolute atomic E-state index is 2.51. The summed E-state index contributed by atoms with van der Waals surface area (Å²) in [7, 11) is 0.412. The highest BCUT2D eigenvalue weighted by atomic mass is 31.1. The predicted molar refractivity (Wildman–Crippen MR) is 54.9 cm³/mol. The summed E-state index contributed by atoms with van der Waals surface area (Å²) in [5.74, 6) is 0. The summed E-state index contributed by atoms with van der Waals surface area (Å²) in [5, 5.41) is 0. The molecule has 0 aromatic rings. The van der Waals surface area contributed by atoms with Crippen LogP contribution >= 0.6 is 7.92 Å². The molecule has 1 heteroatoms. The van der Waals surface area contributed by atoms with E-state index in [-0.39, 0.29) is 0 Å². The lowest BCUT2D eigenvalue weighted by Crippen LogP contribution is -2.00. The highest BCUT2D eigenvalue weighted by molar-refractivity contribution is 7.57. The Labute approximate surface area is 72.5 Å². The van der Waals surface area contributed by atoms with Gasteiger partial charge in [-0.1, -0.05) is 26.2 Å². The van der Waals surface area contributed by atoms with Crippen LogP contribution in [0.2, 0.25) is 0 Å². The lowest BCUT2D eigenvalue weighted by Gasteiger charge is -2.18. The molecule has 1 atom stereocenters. The van der Waals surface area contributed by atoms with Crippen molar-refractivity contribution >= 4 is 7.92 Å². The first-order valence-electron chi connectivity index (χ1n) is 5.05. The van der Waals surface area contributed by atoms with E-state index in [1.807, 2.05) is 0 Å². The van der Waals surface area contributed by atoms with Gasteiger partial charge in [-0.25, -0.2) is 0 Å². The molecule has 0 spiro atoms. The van der Waals surface area contributed by atoms with Gasteiger partial charge in [-0.15, -0.1) is 7.92 Å². The lowest BCUT2D eigenvalue weighted by molar-refractivity contribution is 0.855. The van der Waals surface area contributed by atoms with Gasteiger partial charge in [0.1, 0.15) is 0 Å². The summed E-state index contributed by atoms with van der Waals surface area (Å²) >= 11 is 0. The summed E-state index contributed by atoms with van der Waals surface area (Å²) in [4.78, 5) is 0. The van der Waals surface area contributed by atoms with Crippen molar-refractivity contribution in [3.63, 3.8) is 0 Å². The second-order valence-corrected chi connectivity index (χ2v) is 6.46. The largest absolute Gasteiger partial charge is 0.107 e. The van der Waals surface area contributed by atoms with Crippen LogP contribution in [0.25, 0.3) is 0 Å². The Morgan fingerprint density at radius 2 is 1.91 bits per heavy atom. The van der Waals surface area contributed by atoms with Crippen molar-refractivity contribution < 1.29 is 0 Å². The molecule has 0 aliphatic heterocycles. The lowest BCUT2D eigenvalue weighted by atomic mass is 10.4. The molecular weight excluding hydrogens is 151 g/mol. The fourth-order valence-corrected chi connectivity index (χ4v) is 4.36. The predicted octanol–water partition coefficient (Wildman–Crippen LogP) is 3.84. The summed E-state index contributed by atoms with van der Waals surface area (Å²) in [6, 6.07) is 0. The third-order valence-electron chi connectivity index (χ3n) is 2.81. The van der Waals surface area contributed by atoms with Gasteiger partial charge in [0.05, 0.1) is 0 Å². The van der Waals surface area contributed by atoms with Crippen LogP contribution < -0.4 is 0 Å². The van der Waals surface area contributed by atoms with Crippen LogP contribution in [0.15, 0.2) is 0 Å². The third kappa shape index (κ3) is 3.11. The standard InChI is InChI=1S/C10H21P/c1-3-4-9-11(2)10-7-5-6-8-10/h10H,3-9H2,1-2H3. The van der Waals surface area contributed by atoms with Gasteiger partial charge < -0.3 is 0 Å². The first-order chi connectivity index (χ1) is 5.34. The van der Waals surface area contributed by atoms with E-state index in [4.69, 9.17) is 0 Å². The molecule has 1 saturated carbocycles. The molecule has 1 unspecified atom stereocenters. The monoisotopic (exact) mass is 172 g/mol. The Kier molecular flexibility index (Phi) is 4.45. The first-order valence-corrected chi connectivity index (χ1v) is 7.09. The van der Waals surface area contributed by atoms with E-state index in [0.29, 0.717) is 7.92 Å². The van der Waals surface area contributed by atoms with E-state index in [0.717, 1.165) is 5.66 Å². The molecule has 0 aromatic heterocycles. The molecule has 1 rings (SSSR count). The molecule has 0 amide bonds. The normalized spacial score (nSPS) is 22.4. The van der Waals surface area contributed by atoms with Gasteiger partial charge in [0.25, 0.3) is 0 Å². The second-order valence-electron chi connectivity index (χ2n) is 3.77. The topological polar surface area (TPSA) is 0 Å². The van der Waals surface area contributed by atoms with Crippen LogP contribution in [0.1, 0.15) is 45.4 Å². The van der Waals surface area contributed by atoms with E-state index in [1.54, 1.807) is 12.8 Å². The smallest absolute Gasteiger partial charge is 0.0212 e. The SMILES string of the molecule is CCCCP(C)C1CCCC1. The van der Waals surface area contributed by atoms with Crippen molar-refractivity contribution in [3.8, 4) is 0 Å². The molecular formula is C10H21P. The van der Waals surface area contributed by atoms with Crippen LogP contribution in [-0.4, -0.2) is 18.5 Å². The van der Waals surface area contributed by atoms with Gasteiger partial charge in [0.15, 0.2) is 0 Å². The van der Waals surface area contributed by atoms with Crippen molar-refractivity contribution in [2.75, 3.05) is 12.8 Å². The highest BCUT2D eigenvalue weighted by Gasteiger charge is 2.19. The van der Waals surface area contributed by atoms with Crippen molar-refractivity contribution in [1.29, 1.82) is 0 Å². The van der Waals surface area contributed by atoms with Crippen LogP contribution in [0.5, 0.6) is 0 Å². The molecule has 0 nitrogen and oxygen atoms in total. The number of hydrogen-bond acceptors (Lipinski definition) is 0. The van der Waals surface area contributed by atoms with Gasteiger partial charge in [0.2, 0.25) is 0 Å². The summed E-state index contributed by atoms with van der Waals surface area (Å²) < 4.78 is 0. The van der Waals surface area contributed by atoms with Crippen LogP contribution in [-0.2, 0) is 0 Å². The minimum absolute atomic E-state index is 0.412. The average Bonchev–Trinajstić information content (AvgIpc) is 2.52. The van der Waals surface area contributed by atoms with Gasteiger partial charge in [-0.3, -0.25) is 0 Å². The Bertz CT molecular complexity index is 95.0. The maximum Gasteiger partial charge on any atom is -0.0212 e. The second kappa shape index (κ2) is 5.14. The quantitative estimate of drug-likeness (QED) is 0.565. The molecule has 66 valence electrons. The van der Waals surface area contributed by atoms with E-state index < -0.39 is 0 Å². The fourth-order valence-electron chi connectivity index (χ4n) is 1.94. The molecule has 0 radical (unpaired) electrons. The summed E-state index contributed by atoms with van der Waals surface area (Å²) in [6.07, 6.45) is 10.5. The molecule has 0 saturated heterocycles. The minimum Gasteiger partial charge on any atom is -0.107 e. The van der Waals surface area contributed by atoms with Crippen LogP contribution in [0.4, 0.5) is 0 Å².